The molecule has 27 heavy (non-hydrogen) atoms. The maximum absolute atomic E-state index is 14.0. The van der Waals surface area contributed by atoms with E-state index in [4.69, 9.17) is 16.3 Å². The number of benzene rings is 1. The first-order chi connectivity index (χ1) is 13.0. The van der Waals surface area contributed by atoms with Gasteiger partial charge < -0.3 is 15.0 Å². The van der Waals surface area contributed by atoms with Gasteiger partial charge in [0.25, 0.3) is 5.91 Å². The monoisotopic (exact) mass is 391 g/mol. The van der Waals surface area contributed by atoms with Crippen LogP contribution in [-0.4, -0.2) is 42.0 Å². The van der Waals surface area contributed by atoms with E-state index in [1.54, 1.807) is 24.4 Å². The second-order valence-corrected chi connectivity index (χ2v) is 7.29. The molecule has 1 saturated heterocycles. The quantitative estimate of drug-likeness (QED) is 0.828. The number of nitrogens with zero attached hydrogens (tertiary/aromatic N) is 2. The van der Waals surface area contributed by atoms with Crippen LogP contribution in [0.25, 0.3) is 0 Å². The number of rotatable bonds is 5. The molecule has 0 bridgehead atoms. The Bertz CT molecular complexity index is 800. The topological polar surface area (TPSA) is 54.5 Å². The van der Waals surface area contributed by atoms with Crippen molar-refractivity contribution in [1.82, 2.24) is 9.88 Å². The van der Waals surface area contributed by atoms with Crippen LogP contribution in [0.5, 0.6) is 5.75 Å². The Labute approximate surface area is 163 Å². The molecular formula is C20H23ClFN3O2. The van der Waals surface area contributed by atoms with Crippen LogP contribution in [0.1, 0.15) is 30.1 Å². The standard InChI is InChI=1S/C20H23ClFN3O2/c1-13-6-8-15(11-24-18-9-7-14(21)10-23-18)25(12-13)20(26)16-4-3-5-17(22)19(16)27-2/h3-5,7,9-10,13,15H,6,8,11-12H2,1-2H3,(H,23,24)/t13-,15-/m0/s1. The van der Waals surface area contributed by atoms with Crippen molar-refractivity contribution in [3.8, 4) is 5.75 Å². The highest BCUT2D eigenvalue weighted by atomic mass is 35.5. The number of carbonyl (C=O) groups excluding carboxylic acids is 1. The zero-order valence-corrected chi connectivity index (χ0v) is 16.2. The van der Waals surface area contributed by atoms with Crippen molar-refractivity contribution in [2.75, 3.05) is 25.5 Å². The third-order valence-corrected chi connectivity index (χ3v) is 5.07. The van der Waals surface area contributed by atoms with E-state index in [9.17, 15) is 9.18 Å². The summed E-state index contributed by atoms with van der Waals surface area (Å²) >= 11 is 5.86. The van der Waals surface area contributed by atoms with E-state index >= 15 is 0 Å². The van der Waals surface area contributed by atoms with E-state index in [-0.39, 0.29) is 23.3 Å². The molecule has 5 nitrogen and oxygen atoms in total. The molecule has 0 saturated carbocycles. The van der Waals surface area contributed by atoms with Crippen molar-refractivity contribution in [3.05, 3.63) is 52.9 Å². The highest BCUT2D eigenvalue weighted by molar-refractivity contribution is 6.30. The molecule has 0 spiro atoms. The van der Waals surface area contributed by atoms with Crippen LogP contribution in [0.4, 0.5) is 10.2 Å². The van der Waals surface area contributed by atoms with Gasteiger partial charge in [0.2, 0.25) is 0 Å². The summed E-state index contributed by atoms with van der Waals surface area (Å²) < 4.78 is 19.2. The number of aromatic nitrogens is 1. The van der Waals surface area contributed by atoms with Crippen molar-refractivity contribution < 1.29 is 13.9 Å². The highest BCUT2D eigenvalue weighted by Gasteiger charge is 2.32. The van der Waals surface area contributed by atoms with Gasteiger partial charge in [0, 0.05) is 25.3 Å². The lowest BCUT2D eigenvalue weighted by Gasteiger charge is -2.39. The maximum Gasteiger partial charge on any atom is 0.258 e. The van der Waals surface area contributed by atoms with Gasteiger partial charge in [0.05, 0.1) is 17.7 Å². The maximum atomic E-state index is 14.0. The van der Waals surface area contributed by atoms with Gasteiger partial charge in [-0.05, 0) is 43.0 Å². The van der Waals surface area contributed by atoms with Gasteiger partial charge in [-0.2, -0.15) is 0 Å². The predicted octanol–water partition coefficient (Wildman–Crippen LogP) is 4.24. The van der Waals surface area contributed by atoms with Gasteiger partial charge in [-0.15, -0.1) is 0 Å². The molecule has 1 fully saturated rings. The molecule has 2 aromatic rings. The first-order valence-corrected chi connectivity index (χ1v) is 9.36. The number of piperidine rings is 1. The minimum absolute atomic E-state index is 0.00759. The van der Waals surface area contributed by atoms with E-state index in [0.29, 0.717) is 29.8 Å². The van der Waals surface area contributed by atoms with E-state index < -0.39 is 5.82 Å². The Balaban J connectivity index is 1.78. The average Bonchev–Trinajstić information content (AvgIpc) is 2.67. The molecule has 1 aliphatic rings. The number of anilines is 1. The summed E-state index contributed by atoms with van der Waals surface area (Å²) in [6.45, 7) is 3.30. The molecule has 0 radical (unpaired) electrons. The molecule has 0 unspecified atom stereocenters. The lowest BCUT2D eigenvalue weighted by Crippen LogP contribution is -2.49. The average molecular weight is 392 g/mol. The number of likely N-dealkylation sites (tertiary alicyclic amines) is 1. The Morgan fingerprint density at radius 3 is 2.89 bits per heavy atom. The fraction of sp³-hybridized carbons (Fsp3) is 0.400. The number of methoxy groups -OCH3 is 1. The van der Waals surface area contributed by atoms with E-state index in [0.717, 1.165) is 12.8 Å². The number of pyridine rings is 1. The van der Waals surface area contributed by atoms with Crippen molar-refractivity contribution in [2.24, 2.45) is 5.92 Å². The molecule has 0 aliphatic carbocycles. The summed E-state index contributed by atoms with van der Waals surface area (Å²) in [7, 11) is 1.37. The molecule has 1 aromatic heterocycles. The van der Waals surface area contributed by atoms with E-state index in [1.165, 1.54) is 19.2 Å². The van der Waals surface area contributed by atoms with Crippen LogP contribution in [0.15, 0.2) is 36.5 Å². The summed E-state index contributed by atoms with van der Waals surface area (Å²) in [5, 5.41) is 3.84. The number of hydrogen-bond donors (Lipinski definition) is 1. The third kappa shape index (κ3) is 4.50. The summed E-state index contributed by atoms with van der Waals surface area (Å²) in [6.07, 6.45) is 3.48. The summed E-state index contributed by atoms with van der Waals surface area (Å²) in [5.74, 6) is 0.334. The Kier molecular flexibility index (Phi) is 6.16. The van der Waals surface area contributed by atoms with Crippen LogP contribution < -0.4 is 10.1 Å². The molecule has 2 heterocycles. The molecule has 1 aromatic carbocycles. The lowest BCUT2D eigenvalue weighted by molar-refractivity contribution is 0.0561. The summed E-state index contributed by atoms with van der Waals surface area (Å²) in [4.78, 5) is 19.2. The molecule has 1 amide bonds. The number of ether oxygens (including phenoxy) is 1. The fourth-order valence-electron chi connectivity index (χ4n) is 3.41. The van der Waals surface area contributed by atoms with E-state index in [2.05, 4.69) is 17.2 Å². The first kappa shape index (κ1) is 19.4. The van der Waals surface area contributed by atoms with Gasteiger partial charge in [-0.1, -0.05) is 24.6 Å². The number of nitrogens with one attached hydrogen (secondary N) is 1. The summed E-state index contributed by atoms with van der Waals surface area (Å²) in [6, 6.07) is 7.98. The van der Waals surface area contributed by atoms with Crippen LogP contribution in [0.2, 0.25) is 5.02 Å². The normalized spacial score (nSPS) is 19.6. The Morgan fingerprint density at radius 2 is 2.19 bits per heavy atom. The lowest BCUT2D eigenvalue weighted by atomic mass is 9.93. The molecule has 7 heteroatoms. The fourth-order valence-corrected chi connectivity index (χ4v) is 3.52. The minimum Gasteiger partial charge on any atom is -0.493 e. The van der Waals surface area contributed by atoms with Crippen LogP contribution in [0, 0.1) is 11.7 Å². The number of carbonyl (C=O) groups is 1. The smallest absolute Gasteiger partial charge is 0.258 e. The zero-order valence-electron chi connectivity index (χ0n) is 15.4. The van der Waals surface area contributed by atoms with Crippen molar-refractivity contribution in [2.45, 2.75) is 25.8 Å². The number of hydrogen-bond acceptors (Lipinski definition) is 4. The van der Waals surface area contributed by atoms with Gasteiger partial charge in [-0.25, -0.2) is 9.37 Å². The van der Waals surface area contributed by atoms with E-state index in [1.807, 2.05) is 4.90 Å². The van der Waals surface area contributed by atoms with Crippen molar-refractivity contribution >= 4 is 23.3 Å². The molecule has 1 N–H and O–H groups in total. The van der Waals surface area contributed by atoms with Gasteiger partial charge in [-0.3, -0.25) is 4.79 Å². The zero-order chi connectivity index (χ0) is 19.4. The van der Waals surface area contributed by atoms with Crippen molar-refractivity contribution in [3.63, 3.8) is 0 Å². The van der Waals surface area contributed by atoms with Crippen LogP contribution in [-0.2, 0) is 0 Å². The molecule has 144 valence electrons. The predicted molar refractivity (Wildman–Crippen MR) is 104 cm³/mol. The molecule has 2 atom stereocenters. The highest BCUT2D eigenvalue weighted by Crippen LogP contribution is 2.28. The van der Waals surface area contributed by atoms with Gasteiger partial charge in [0.15, 0.2) is 11.6 Å². The van der Waals surface area contributed by atoms with Crippen LogP contribution in [0.3, 0.4) is 0 Å². The van der Waals surface area contributed by atoms with Gasteiger partial charge >= 0.3 is 0 Å². The summed E-state index contributed by atoms with van der Waals surface area (Å²) in [5.41, 5.74) is 0.251. The second kappa shape index (κ2) is 8.57. The van der Waals surface area contributed by atoms with Gasteiger partial charge in [0.1, 0.15) is 5.82 Å². The molecule has 3 rings (SSSR count). The SMILES string of the molecule is COc1c(F)cccc1C(=O)N1C[C@@H](C)CC[C@H]1CNc1ccc(Cl)cn1. The third-order valence-electron chi connectivity index (χ3n) is 4.85. The largest absolute Gasteiger partial charge is 0.493 e. The Morgan fingerprint density at radius 1 is 1.37 bits per heavy atom. The number of amides is 1. The number of halogens is 2. The second-order valence-electron chi connectivity index (χ2n) is 6.86. The molecule has 1 aliphatic heterocycles. The Hall–Kier alpha value is -2.34. The van der Waals surface area contributed by atoms with Crippen LogP contribution >= 0.6 is 11.6 Å². The van der Waals surface area contributed by atoms with Crippen molar-refractivity contribution in [1.29, 1.82) is 0 Å². The first-order valence-electron chi connectivity index (χ1n) is 8.98. The number of para-hydroxylation sites is 1. The molecular weight excluding hydrogens is 369 g/mol. The minimum atomic E-state index is -0.534.